The lowest BCUT2D eigenvalue weighted by Crippen LogP contribution is -2.26. The Labute approximate surface area is 109 Å². The summed E-state index contributed by atoms with van der Waals surface area (Å²) in [4.78, 5) is 14.5. The first kappa shape index (κ1) is 12.6. The number of carbonyl (C=O) groups excluding carboxylic acids is 1. The number of hydrogen-bond acceptors (Lipinski definition) is 2. The molecule has 18 heavy (non-hydrogen) atoms. The molecule has 0 saturated heterocycles. The molecule has 0 saturated carbocycles. The van der Waals surface area contributed by atoms with Crippen LogP contribution in [0.5, 0.6) is 0 Å². The average molecular weight is 241 g/mol. The maximum Gasteiger partial charge on any atom is 0.166 e. The summed E-state index contributed by atoms with van der Waals surface area (Å²) in [5.41, 5.74) is 2.00. The molecule has 2 rings (SSSR count). The minimum Gasteiger partial charge on any atom is -0.380 e. The second kappa shape index (κ2) is 5.21. The van der Waals surface area contributed by atoms with Gasteiger partial charge in [-0.3, -0.25) is 4.79 Å². The fraction of sp³-hybridized carbons (Fsp3) is 0.312. The number of benzene rings is 1. The largest absolute Gasteiger partial charge is 0.380 e. The number of Topliss-reactive ketones (excluding diaryl/α,β-unsaturated/α-hetero) is 1. The molecular formula is C16H19NO. The van der Waals surface area contributed by atoms with Crippen LogP contribution < -0.4 is 0 Å². The van der Waals surface area contributed by atoms with Crippen LogP contribution in [0.1, 0.15) is 17.3 Å². The van der Waals surface area contributed by atoms with Crippen LogP contribution in [0.4, 0.5) is 0 Å². The van der Waals surface area contributed by atoms with Gasteiger partial charge in [-0.1, -0.05) is 49.4 Å². The minimum absolute atomic E-state index is 0.0280. The van der Waals surface area contributed by atoms with E-state index in [1.807, 2.05) is 57.4 Å². The third kappa shape index (κ3) is 2.37. The zero-order valence-corrected chi connectivity index (χ0v) is 11.1. The number of carbonyl (C=O) groups is 1. The highest BCUT2D eigenvalue weighted by Crippen LogP contribution is 2.30. The third-order valence-electron chi connectivity index (χ3n) is 3.45. The first-order valence-corrected chi connectivity index (χ1v) is 6.26. The average Bonchev–Trinajstić information content (AvgIpc) is 2.87. The summed E-state index contributed by atoms with van der Waals surface area (Å²) in [6.45, 7) is 2.01. The van der Waals surface area contributed by atoms with Crippen molar-refractivity contribution >= 4 is 5.78 Å². The fourth-order valence-electron chi connectivity index (χ4n) is 2.38. The van der Waals surface area contributed by atoms with Crippen LogP contribution in [0.2, 0.25) is 0 Å². The number of rotatable bonds is 4. The fourth-order valence-corrected chi connectivity index (χ4v) is 2.38. The summed E-state index contributed by atoms with van der Waals surface area (Å²) >= 11 is 0. The molecule has 0 aromatic heterocycles. The molecule has 2 atom stereocenters. The maximum absolute atomic E-state index is 12.4. The molecule has 0 radical (unpaired) electrons. The van der Waals surface area contributed by atoms with Gasteiger partial charge < -0.3 is 4.90 Å². The van der Waals surface area contributed by atoms with Crippen molar-refractivity contribution in [2.24, 2.45) is 11.8 Å². The summed E-state index contributed by atoms with van der Waals surface area (Å²) in [5, 5.41) is 0. The molecule has 1 aromatic rings. The van der Waals surface area contributed by atoms with Crippen molar-refractivity contribution in [3.63, 3.8) is 0 Å². The molecule has 0 heterocycles. The quantitative estimate of drug-likeness (QED) is 0.755. The van der Waals surface area contributed by atoms with E-state index >= 15 is 0 Å². The van der Waals surface area contributed by atoms with Gasteiger partial charge in [0.05, 0.1) is 0 Å². The van der Waals surface area contributed by atoms with Crippen molar-refractivity contribution in [2.45, 2.75) is 6.92 Å². The van der Waals surface area contributed by atoms with Crippen LogP contribution in [0.15, 0.2) is 54.3 Å². The van der Waals surface area contributed by atoms with E-state index in [2.05, 4.69) is 17.1 Å². The Bertz CT molecular complexity index is 485. The lowest BCUT2D eigenvalue weighted by Gasteiger charge is -2.25. The van der Waals surface area contributed by atoms with E-state index in [9.17, 15) is 4.79 Å². The first-order chi connectivity index (χ1) is 8.61. The van der Waals surface area contributed by atoms with E-state index in [0.29, 0.717) is 0 Å². The van der Waals surface area contributed by atoms with E-state index in [1.54, 1.807) is 0 Å². The van der Waals surface area contributed by atoms with Gasteiger partial charge in [-0.05, 0) is 6.08 Å². The van der Waals surface area contributed by atoms with Gasteiger partial charge in [0.2, 0.25) is 0 Å². The van der Waals surface area contributed by atoms with Crippen molar-refractivity contribution in [3.05, 3.63) is 59.8 Å². The molecule has 94 valence electrons. The molecule has 1 aromatic carbocycles. The van der Waals surface area contributed by atoms with Crippen molar-refractivity contribution in [2.75, 3.05) is 14.1 Å². The Kier molecular flexibility index (Phi) is 3.66. The minimum atomic E-state index is -0.0280. The normalized spacial score (nSPS) is 19.5. The molecule has 0 N–H and O–H groups in total. The summed E-state index contributed by atoms with van der Waals surface area (Å²) in [7, 11) is 4.04. The lowest BCUT2D eigenvalue weighted by molar-refractivity contribution is 0.0906. The Balaban J connectivity index is 2.18. The van der Waals surface area contributed by atoms with Crippen LogP contribution in [-0.2, 0) is 0 Å². The van der Waals surface area contributed by atoms with Crippen LogP contribution in [-0.4, -0.2) is 24.8 Å². The standard InChI is InChI=1S/C16H19NO/c1-12(14-10-7-11-15(14)17(2)3)16(18)13-8-5-4-6-9-13/h4-12,14H,1-3H3. The molecule has 1 aliphatic rings. The lowest BCUT2D eigenvalue weighted by atomic mass is 9.86. The maximum atomic E-state index is 12.4. The monoisotopic (exact) mass is 241 g/mol. The molecular weight excluding hydrogens is 222 g/mol. The smallest absolute Gasteiger partial charge is 0.166 e. The molecule has 0 bridgehead atoms. The van der Waals surface area contributed by atoms with Gasteiger partial charge in [0.25, 0.3) is 0 Å². The molecule has 0 amide bonds. The van der Waals surface area contributed by atoms with Gasteiger partial charge in [-0.25, -0.2) is 0 Å². The molecule has 0 aliphatic heterocycles. The Morgan fingerprint density at radius 3 is 2.50 bits per heavy atom. The van der Waals surface area contributed by atoms with E-state index in [0.717, 1.165) is 5.56 Å². The zero-order chi connectivity index (χ0) is 13.1. The van der Waals surface area contributed by atoms with Crippen LogP contribution in [0.3, 0.4) is 0 Å². The number of hydrogen-bond donors (Lipinski definition) is 0. The predicted molar refractivity (Wildman–Crippen MR) is 74.3 cm³/mol. The summed E-state index contributed by atoms with van der Waals surface area (Å²) < 4.78 is 0. The number of ketones is 1. The molecule has 0 spiro atoms. The number of nitrogens with zero attached hydrogens (tertiary/aromatic N) is 1. The van der Waals surface area contributed by atoms with Crippen molar-refractivity contribution in [1.29, 1.82) is 0 Å². The third-order valence-corrected chi connectivity index (χ3v) is 3.45. The van der Waals surface area contributed by atoms with E-state index in [4.69, 9.17) is 0 Å². The first-order valence-electron chi connectivity index (χ1n) is 6.26. The van der Waals surface area contributed by atoms with Gasteiger partial charge in [-0.2, -0.15) is 0 Å². The van der Waals surface area contributed by atoms with Crippen molar-refractivity contribution in [1.82, 2.24) is 4.90 Å². The topological polar surface area (TPSA) is 20.3 Å². The Hall–Kier alpha value is -1.83. The second-order valence-corrected chi connectivity index (χ2v) is 4.92. The molecule has 2 nitrogen and oxygen atoms in total. The summed E-state index contributed by atoms with van der Waals surface area (Å²) in [6, 6.07) is 9.52. The second-order valence-electron chi connectivity index (χ2n) is 4.92. The predicted octanol–water partition coefficient (Wildman–Crippen LogP) is 3.14. The SMILES string of the molecule is CC(C(=O)c1ccccc1)C1C=CC=C1N(C)C. The van der Waals surface area contributed by atoms with Gasteiger partial charge in [0.1, 0.15) is 0 Å². The van der Waals surface area contributed by atoms with Crippen molar-refractivity contribution in [3.8, 4) is 0 Å². The van der Waals surface area contributed by atoms with E-state index < -0.39 is 0 Å². The highest BCUT2D eigenvalue weighted by atomic mass is 16.1. The van der Waals surface area contributed by atoms with E-state index in [1.165, 1.54) is 5.70 Å². The Morgan fingerprint density at radius 2 is 1.89 bits per heavy atom. The highest BCUT2D eigenvalue weighted by molar-refractivity contribution is 5.98. The Morgan fingerprint density at radius 1 is 1.22 bits per heavy atom. The van der Waals surface area contributed by atoms with Crippen LogP contribution in [0, 0.1) is 11.8 Å². The van der Waals surface area contributed by atoms with E-state index in [-0.39, 0.29) is 17.6 Å². The number of allylic oxidation sites excluding steroid dienone is 3. The molecule has 1 aliphatic carbocycles. The molecule has 2 unspecified atom stereocenters. The van der Waals surface area contributed by atoms with Crippen LogP contribution in [0.25, 0.3) is 0 Å². The molecule has 2 heteroatoms. The molecule has 0 fully saturated rings. The zero-order valence-electron chi connectivity index (χ0n) is 11.1. The summed E-state index contributed by atoms with van der Waals surface area (Å²) in [5.74, 6) is 0.368. The van der Waals surface area contributed by atoms with Crippen molar-refractivity contribution < 1.29 is 4.79 Å². The van der Waals surface area contributed by atoms with Crippen LogP contribution >= 0.6 is 0 Å². The van der Waals surface area contributed by atoms with Gasteiger partial charge in [0.15, 0.2) is 5.78 Å². The van der Waals surface area contributed by atoms with Gasteiger partial charge >= 0.3 is 0 Å². The highest BCUT2D eigenvalue weighted by Gasteiger charge is 2.28. The van der Waals surface area contributed by atoms with Gasteiger partial charge in [0, 0.05) is 37.2 Å². The summed E-state index contributed by atoms with van der Waals surface area (Å²) in [6.07, 6.45) is 6.23. The van der Waals surface area contributed by atoms with Gasteiger partial charge in [-0.15, -0.1) is 0 Å².